The molecule has 1 aliphatic carbocycles. The fraction of sp³-hybridized carbons (Fsp3) is 0.500. The van der Waals surface area contributed by atoms with Crippen LogP contribution in [0.3, 0.4) is 0 Å². The van der Waals surface area contributed by atoms with Crippen LogP contribution in [-0.2, 0) is 4.74 Å². The molecule has 4 heteroatoms. The molecule has 0 spiro atoms. The summed E-state index contributed by atoms with van der Waals surface area (Å²) in [5, 5.41) is 0. The van der Waals surface area contributed by atoms with Gasteiger partial charge in [-0.05, 0) is 53.8 Å². The molecule has 0 heterocycles. The van der Waals surface area contributed by atoms with E-state index in [-0.39, 0.29) is 18.2 Å². The summed E-state index contributed by atoms with van der Waals surface area (Å²) in [5.41, 5.74) is 5.87. The molecule has 2 N–H and O–H groups in total. The molecule has 2 rings (SSSR count). The van der Waals surface area contributed by atoms with Crippen LogP contribution in [0.25, 0.3) is 0 Å². The van der Waals surface area contributed by atoms with Crippen molar-refractivity contribution in [2.75, 3.05) is 6.61 Å². The topological polar surface area (TPSA) is 44.5 Å². The van der Waals surface area contributed by atoms with Gasteiger partial charge in [0.15, 0.2) is 0 Å². The molecular formula is C12H16INO2. The lowest BCUT2D eigenvalue weighted by molar-refractivity contribution is -0.0945. The predicted molar refractivity (Wildman–Crippen MR) is 71.6 cm³/mol. The van der Waals surface area contributed by atoms with Gasteiger partial charge in [-0.15, -0.1) is 0 Å². The minimum atomic E-state index is 0.0456. The fourth-order valence-corrected chi connectivity index (χ4v) is 2.20. The van der Waals surface area contributed by atoms with E-state index in [1.54, 1.807) is 0 Å². The van der Waals surface area contributed by atoms with Crippen LogP contribution in [0.1, 0.15) is 13.3 Å². The molecule has 1 aromatic rings. The monoisotopic (exact) mass is 333 g/mol. The van der Waals surface area contributed by atoms with Crippen molar-refractivity contribution in [1.29, 1.82) is 0 Å². The second-order valence-corrected chi connectivity index (χ2v) is 5.18. The van der Waals surface area contributed by atoms with Crippen molar-refractivity contribution in [3.05, 3.63) is 27.8 Å². The first-order chi connectivity index (χ1) is 7.70. The summed E-state index contributed by atoms with van der Waals surface area (Å²) in [7, 11) is 0. The van der Waals surface area contributed by atoms with Gasteiger partial charge in [-0.25, -0.2) is 0 Å². The first-order valence-electron chi connectivity index (χ1n) is 5.50. The van der Waals surface area contributed by atoms with E-state index in [1.165, 1.54) is 3.57 Å². The predicted octanol–water partition coefficient (Wildman–Crippen LogP) is 2.17. The van der Waals surface area contributed by atoms with E-state index in [9.17, 15) is 0 Å². The molecule has 1 aromatic carbocycles. The highest BCUT2D eigenvalue weighted by molar-refractivity contribution is 14.1. The summed E-state index contributed by atoms with van der Waals surface area (Å²) in [4.78, 5) is 0. The molecule has 3 unspecified atom stereocenters. The number of ether oxygens (including phenoxy) is 2. The molecule has 0 radical (unpaired) electrons. The maximum Gasteiger partial charge on any atom is 0.128 e. The molecule has 0 amide bonds. The SMILES string of the molecule is CCOC1C(N)CC1Oc1ccc(I)cc1. The average molecular weight is 333 g/mol. The van der Waals surface area contributed by atoms with E-state index in [2.05, 4.69) is 22.6 Å². The van der Waals surface area contributed by atoms with Crippen molar-refractivity contribution in [2.45, 2.75) is 31.6 Å². The van der Waals surface area contributed by atoms with E-state index in [4.69, 9.17) is 15.2 Å². The highest BCUT2D eigenvalue weighted by Crippen LogP contribution is 2.28. The number of benzene rings is 1. The Labute approximate surface area is 109 Å². The second kappa shape index (κ2) is 5.33. The average Bonchev–Trinajstić information content (AvgIpc) is 2.28. The molecule has 1 aliphatic rings. The lowest BCUT2D eigenvalue weighted by atomic mass is 9.86. The Balaban J connectivity index is 1.92. The number of halogens is 1. The number of hydrogen-bond donors (Lipinski definition) is 1. The highest BCUT2D eigenvalue weighted by Gasteiger charge is 2.41. The van der Waals surface area contributed by atoms with Crippen LogP contribution < -0.4 is 10.5 Å². The van der Waals surface area contributed by atoms with Gasteiger partial charge >= 0.3 is 0 Å². The third-order valence-corrected chi connectivity index (χ3v) is 3.47. The number of hydrogen-bond acceptors (Lipinski definition) is 3. The minimum absolute atomic E-state index is 0.0456. The molecule has 0 bridgehead atoms. The number of nitrogens with two attached hydrogens (primary N) is 1. The summed E-state index contributed by atoms with van der Waals surface area (Å²) in [6.45, 7) is 2.66. The molecule has 0 saturated heterocycles. The van der Waals surface area contributed by atoms with Gasteiger partial charge in [0, 0.05) is 22.6 Å². The second-order valence-electron chi connectivity index (χ2n) is 3.93. The largest absolute Gasteiger partial charge is 0.488 e. The normalized spacial score (nSPS) is 28.6. The van der Waals surface area contributed by atoms with Crippen LogP contribution in [0.5, 0.6) is 5.75 Å². The Morgan fingerprint density at radius 2 is 2.06 bits per heavy atom. The van der Waals surface area contributed by atoms with Crippen LogP contribution in [-0.4, -0.2) is 24.9 Å². The molecule has 0 aliphatic heterocycles. The zero-order valence-electron chi connectivity index (χ0n) is 9.23. The van der Waals surface area contributed by atoms with Gasteiger partial charge in [0.25, 0.3) is 0 Å². The van der Waals surface area contributed by atoms with Crippen molar-refractivity contribution < 1.29 is 9.47 Å². The van der Waals surface area contributed by atoms with E-state index >= 15 is 0 Å². The zero-order chi connectivity index (χ0) is 11.5. The van der Waals surface area contributed by atoms with Crippen molar-refractivity contribution in [3.8, 4) is 5.75 Å². The first-order valence-corrected chi connectivity index (χ1v) is 6.58. The highest BCUT2D eigenvalue weighted by atomic mass is 127. The summed E-state index contributed by atoms with van der Waals surface area (Å²) in [5.74, 6) is 0.891. The Morgan fingerprint density at radius 3 is 2.62 bits per heavy atom. The van der Waals surface area contributed by atoms with E-state index < -0.39 is 0 Å². The Morgan fingerprint density at radius 1 is 1.38 bits per heavy atom. The van der Waals surface area contributed by atoms with E-state index in [1.807, 2.05) is 31.2 Å². The van der Waals surface area contributed by atoms with Crippen LogP contribution >= 0.6 is 22.6 Å². The Hall–Kier alpha value is -0.330. The Kier molecular flexibility index (Phi) is 4.05. The van der Waals surface area contributed by atoms with Crippen molar-refractivity contribution >= 4 is 22.6 Å². The van der Waals surface area contributed by atoms with Gasteiger partial charge in [-0.3, -0.25) is 0 Å². The van der Waals surface area contributed by atoms with Gasteiger partial charge in [0.05, 0.1) is 0 Å². The van der Waals surface area contributed by atoms with Crippen LogP contribution in [0.4, 0.5) is 0 Å². The number of rotatable bonds is 4. The zero-order valence-corrected chi connectivity index (χ0v) is 11.4. The molecule has 16 heavy (non-hydrogen) atoms. The fourth-order valence-electron chi connectivity index (χ4n) is 1.84. The first kappa shape index (κ1) is 12.1. The third kappa shape index (κ3) is 2.67. The summed E-state index contributed by atoms with van der Waals surface area (Å²) in [6.07, 6.45) is 1.02. The third-order valence-electron chi connectivity index (χ3n) is 2.75. The maximum absolute atomic E-state index is 5.87. The molecule has 1 saturated carbocycles. The van der Waals surface area contributed by atoms with Crippen LogP contribution in [0, 0.1) is 3.57 Å². The minimum Gasteiger partial charge on any atom is -0.488 e. The van der Waals surface area contributed by atoms with Crippen molar-refractivity contribution in [1.82, 2.24) is 0 Å². The smallest absolute Gasteiger partial charge is 0.128 e. The van der Waals surface area contributed by atoms with Crippen molar-refractivity contribution in [3.63, 3.8) is 0 Å². The van der Waals surface area contributed by atoms with Gasteiger partial charge in [-0.1, -0.05) is 0 Å². The summed E-state index contributed by atoms with van der Waals surface area (Å²) < 4.78 is 12.6. The summed E-state index contributed by atoms with van der Waals surface area (Å²) in [6, 6.07) is 8.14. The van der Waals surface area contributed by atoms with Gasteiger partial charge in [-0.2, -0.15) is 0 Å². The van der Waals surface area contributed by atoms with Gasteiger partial charge in [0.1, 0.15) is 18.0 Å². The van der Waals surface area contributed by atoms with E-state index in [0.29, 0.717) is 6.61 Å². The standard InChI is InChI=1S/C12H16INO2/c1-2-15-12-10(14)7-11(12)16-9-5-3-8(13)4-6-9/h3-6,10-12H,2,7,14H2,1H3. The molecule has 3 atom stereocenters. The van der Waals surface area contributed by atoms with E-state index in [0.717, 1.165) is 12.2 Å². The molecule has 88 valence electrons. The van der Waals surface area contributed by atoms with Crippen molar-refractivity contribution in [2.24, 2.45) is 5.73 Å². The summed E-state index contributed by atoms with van der Waals surface area (Å²) >= 11 is 2.27. The van der Waals surface area contributed by atoms with Gasteiger partial charge < -0.3 is 15.2 Å². The maximum atomic E-state index is 5.87. The van der Waals surface area contributed by atoms with Crippen LogP contribution in [0.15, 0.2) is 24.3 Å². The molecule has 3 nitrogen and oxygen atoms in total. The Bertz CT molecular complexity index is 341. The van der Waals surface area contributed by atoms with Crippen LogP contribution in [0.2, 0.25) is 0 Å². The lowest BCUT2D eigenvalue weighted by Gasteiger charge is -2.41. The van der Waals surface area contributed by atoms with Gasteiger partial charge in [0.2, 0.25) is 0 Å². The molecule has 1 fully saturated rings. The quantitative estimate of drug-likeness (QED) is 0.859. The molecular weight excluding hydrogens is 317 g/mol. The molecule has 0 aromatic heterocycles. The lowest BCUT2D eigenvalue weighted by Crippen LogP contribution is -2.59.